The molecular formula is C18H22FN3O2. The first-order chi connectivity index (χ1) is 11.7. The highest BCUT2D eigenvalue weighted by Gasteiger charge is 2.32. The molecule has 24 heavy (non-hydrogen) atoms. The number of rotatable bonds is 7. The fourth-order valence-electron chi connectivity index (χ4n) is 2.69. The summed E-state index contributed by atoms with van der Waals surface area (Å²) >= 11 is 0. The molecule has 5 nitrogen and oxygen atoms in total. The van der Waals surface area contributed by atoms with Gasteiger partial charge >= 0.3 is 6.03 Å². The molecule has 0 radical (unpaired) electrons. The molecular weight excluding hydrogens is 309 g/mol. The Labute approximate surface area is 140 Å². The van der Waals surface area contributed by atoms with Crippen molar-refractivity contribution in [3.8, 4) is 5.69 Å². The quantitative estimate of drug-likeness (QED) is 0.764. The van der Waals surface area contributed by atoms with Gasteiger partial charge in [-0.2, -0.15) is 0 Å². The van der Waals surface area contributed by atoms with Gasteiger partial charge in [-0.1, -0.05) is 0 Å². The Bertz CT molecular complexity index is 684. The first-order valence-corrected chi connectivity index (χ1v) is 8.30. The number of nitrogens with one attached hydrogen (secondary N) is 1. The van der Waals surface area contributed by atoms with Gasteiger partial charge < -0.3 is 19.9 Å². The summed E-state index contributed by atoms with van der Waals surface area (Å²) in [5.41, 5.74) is 0.967. The topological polar surface area (TPSA) is 57.5 Å². The van der Waals surface area contributed by atoms with E-state index in [0.717, 1.165) is 24.9 Å². The van der Waals surface area contributed by atoms with Crippen molar-refractivity contribution in [3.63, 3.8) is 0 Å². The van der Waals surface area contributed by atoms with Crippen LogP contribution in [-0.2, 0) is 0 Å². The molecule has 2 aromatic rings. The lowest BCUT2D eigenvalue weighted by Crippen LogP contribution is -2.37. The summed E-state index contributed by atoms with van der Waals surface area (Å²) in [6, 6.07) is 8.39. The van der Waals surface area contributed by atoms with Gasteiger partial charge in [0.2, 0.25) is 0 Å². The summed E-state index contributed by atoms with van der Waals surface area (Å²) in [6.07, 6.45) is 7.10. The molecule has 1 saturated carbocycles. The fourth-order valence-corrected chi connectivity index (χ4v) is 2.69. The van der Waals surface area contributed by atoms with Crippen LogP contribution in [0.15, 0.2) is 42.7 Å². The lowest BCUT2D eigenvalue weighted by molar-refractivity contribution is 0.204. The van der Waals surface area contributed by atoms with E-state index < -0.39 is 5.82 Å². The molecule has 2 amide bonds. The molecule has 0 bridgehead atoms. The number of carbonyl (C=O) groups excluding carboxylic acids is 1. The summed E-state index contributed by atoms with van der Waals surface area (Å²) in [4.78, 5) is 14.3. The molecule has 0 spiro atoms. The van der Waals surface area contributed by atoms with Crippen LogP contribution in [0, 0.1) is 5.82 Å². The number of aliphatic hydroxyl groups is 1. The molecule has 1 aromatic carbocycles. The minimum absolute atomic E-state index is 0.119. The second-order valence-electron chi connectivity index (χ2n) is 6.04. The summed E-state index contributed by atoms with van der Waals surface area (Å²) < 4.78 is 15.9. The van der Waals surface area contributed by atoms with Gasteiger partial charge in [0, 0.05) is 37.3 Å². The standard InChI is InChI=1S/C18H22FN3O2/c19-16-8-7-15(21-9-1-2-10-21)13-17(16)20-18(24)22(14-5-6-14)11-3-4-12-23/h1-2,7-10,13-14,23H,3-6,11-12H2,(H,20,24). The number of aromatic nitrogens is 1. The highest BCUT2D eigenvalue weighted by molar-refractivity contribution is 5.90. The van der Waals surface area contributed by atoms with E-state index in [1.165, 1.54) is 6.07 Å². The Morgan fingerprint density at radius 3 is 2.71 bits per heavy atom. The predicted octanol–water partition coefficient (Wildman–Crippen LogP) is 3.39. The van der Waals surface area contributed by atoms with Crippen molar-refractivity contribution < 1.29 is 14.3 Å². The number of benzene rings is 1. The minimum Gasteiger partial charge on any atom is -0.396 e. The second kappa shape index (κ2) is 7.49. The molecule has 6 heteroatoms. The third-order valence-corrected chi connectivity index (χ3v) is 4.15. The number of hydrogen-bond acceptors (Lipinski definition) is 2. The van der Waals surface area contributed by atoms with Gasteiger partial charge in [0.05, 0.1) is 5.69 Å². The Hall–Kier alpha value is -2.34. The first-order valence-electron chi connectivity index (χ1n) is 8.30. The highest BCUT2D eigenvalue weighted by atomic mass is 19.1. The van der Waals surface area contributed by atoms with E-state index in [1.807, 2.05) is 29.1 Å². The Balaban J connectivity index is 1.71. The third kappa shape index (κ3) is 3.94. The van der Waals surface area contributed by atoms with Crippen molar-refractivity contribution in [2.24, 2.45) is 0 Å². The number of nitrogens with zero attached hydrogens (tertiary/aromatic N) is 2. The van der Waals surface area contributed by atoms with Gasteiger partial charge in [-0.25, -0.2) is 9.18 Å². The molecule has 1 aliphatic carbocycles. The zero-order valence-corrected chi connectivity index (χ0v) is 13.5. The molecule has 1 fully saturated rings. The number of halogens is 1. The SMILES string of the molecule is O=C(Nc1cc(-n2cccc2)ccc1F)N(CCCCO)C1CC1. The molecule has 0 saturated heterocycles. The van der Waals surface area contributed by atoms with E-state index in [4.69, 9.17) is 5.11 Å². The average Bonchev–Trinajstić information content (AvgIpc) is 3.26. The van der Waals surface area contributed by atoms with Gasteiger partial charge in [0.1, 0.15) is 5.82 Å². The van der Waals surface area contributed by atoms with E-state index in [1.54, 1.807) is 17.0 Å². The van der Waals surface area contributed by atoms with Gasteiger partial charge in [0.25, 0.3) is 0 Å². The molecule has 128 valence electrons. The molecule has 1 heterocycles. The Morgan fingerprint density at radius 1 is 1.29 bits per heavy atom. The lowest BCUT2D eigenvalue weighted by Gasteiger charge is -2.23. The maximum Gasteiger partial charge on any atom is 0.322 e. The monoisotopic (exact) mass is 331 g/mol. The number of amides is 2. The summed E-state index contributed by atoms with van der Waals surface area (Å²) in [6.45, 7) is 0.698. The number of unbranched alkanes of at least 4 members (excludes halogenated alkanes) is 1. The maximum atomic E-state index is 14.1. The zero-order chi connectivity index (χ0) is 16.9. The fraction of sp³-hybridized carbons (Fsp3) is 0.389. The zero-order valence-electron chi connectivity index (χ0n) is 13.5. The van der Waals surface area contributed by atoms with Crippen LogP contribution in [0.5, 0.6) is 0 Å². The van der Waals surface area contributed by atoms with Crippen molar-refractivity contribution in [2.45, 2.75) is 31.7 Å². The van der Waals surface area contributed by atoms with E-state index in [2.05, 4.69) is 5.32 Å². The van der Waals surface area contributed by atoms with Crippen LogP contribution in [0.2, 0.25) is 0 Å². The van der Waals surface area contributed by atoms with Gasteiger partial charge in [-0.05, 0) is 56.0 Å². The summed E-state index contributed by atoms with van der Waals surface area (Å²) in [5.74, 6) is -0.453. The molecule has 0 aliphatic heterocycles. The number of anilines is 1. The van der Waals surface area contributed by atoms with E-state index in [0.29, 0.717) is 13.0 Å². The Morgan fingerprint density at radius 2 is 2.04 bits per heavy atom. The van der Waals surface area contributed by atoms with Gasteiger partial charge in [-0.3, -0.25) is 0 Å². The third-order valence-electron chi connectivity index (χ3n) is 4.15. The van der Waals surface area contributed by atoms with E-state index in [9.17, 15) is 9.18 Å². The second-order valence-corrected chi connectivity index (χ2v) is 6.04. The molecule has 1 aromatic heterocycles. The first kappa shape index (κ1) is 16.5. The largest absolute Gasteiger partial charge is 0.396 e. The van der Waals surface area contributed by atoms with E-state index >= 15 is 0 Å². The normalized spacial score (nSPS) is 13.8. The van der Waals surface area contributed by atoms with Crippen molar-refractivity contribution in [2.75, 3.05) is 18.5 Å². The van der Waals surface area contributed by atoms with Crippen LogP contribution >= 0.6 is 0 Å². The van der Waals surface area contributed by atoms with Crippen molar-refractivity contribution >= 4 is 11.7 Å². The molecule has 0 unspecified atom stereocenters. The van der Waals surface area contributed by atoms with Crippen LogP contribution in [0.25, 0.3) is 5.69 Å². The number of urea groups is 1. The van der Waals surface area contributed by atoms with Crippen LogP contribution in [0.4, 0.5) is 14.9 Å². The number of aliphatic hydroxyl groups excluding tert-OH is 1. The van der Waals surface area contributed by atoms with Crippen LogP contribution in [-0.4, -0.2) is 39.8 Å². The smallest absolute Gasteiger partial charge is 0.322 e. The lowest BCUT2D eigenvalue weighted by atomic mass is 10.2. The maximum absolute atomic E-state index is 14.1. The van der Waals surface area contributed by atoms with Crippen molar-refractivity contribution in [1.29, 1.82) is 0 Å². The Kier molecular flexibility index (Phi) is 5.15. The summed E-state index contributed by atoms with van der Waals surface area (Å²) in [7, 11) is 0. The van der Waals surface area contributed by atoms with Crippen LogP contribution in [0.3, 0.4) is 0 Å². The predicted molar refractivity (Wildman–Crippen MR) is 90.8 cm³/mol. The summed E-state index contributed by atoms with van der Waals surface area (Å²) in [5, 5.41) is 11.6. The van der Waals surface area contributed by atoms with Crippen molar-refractivity contribution in [1.82, 2.24) is 9.47 Å². The molecule has 2 N–H and O–H groups in total. The average molecular weight is 331 g/mol. The van der Waals surface area contributed by atoms with Gasteiger partial charge in [-0.15, -0.1) is 0 Å². The molecule has 3 rings (SSSR count). The number of hydrogen-bond donors (Lipinski definition) is 2. The van der Waals surface area contributed by atoms with Crippen molar-refractivity contribution in [3.05, 3.63) is 48.5 Å². The van der Waals surface area contributed by atoms with E-state index in [-0.39, 0.29) is 24.4 Å². The number of carbonyl (C=O) groups is 1. The highest BCUT2D eigenvalue weighted by Crippen LogP contribution is 2.28. The molecule has 1 aliphatic rings. The van der Waals surface area contributed by atoms with Crippen LogP contribution < -0.4 is 5.32 Å². The van der Waals surface area contributed by atoms with Gasteiger partial charge in [0.15, 0.2) is 0 Å². The minimum atomic E-state index is -0.453. The molecule has 0 atom stereocenters. The van der Waals surface area contributed by atoms with Crippen LogP contribution in [0.1, 0.15) is 25.7 Å².